The van der Waals surface area contributed by atoms with Gasteiger partial charge in [0.05, 0.1) is 32.7 Å². The number of likely N-dealkylation sites (N-methyl/N-ethyl adjacent to an activating group) is 1. The number of piperazine rings is 1. The Hall–Kier alpha value is -2.41. The van der Waals surface area contributed by atoms with Crippen LogP contribution < -0.4 is 10.2 Å². The van der Waals surface area contributed by atoms with Crippen molar-refractivity contribution in [1.29, 1.82) is 0 Å². The van der Waals surface area contributed by atoms with E-state index in [0.29, 0.717) is 31.1 Å². The Morgan fingerprint density at radius 2 is 1.67 bits per heavy atom. The van der Waals surface area contributed by atoms with Crippen molar-refractivity contribution in [2.24, 2.45) is 0 Å². The fraction of sp³-hybridized carbons (Fsp3) is 0.609. The average molecular weight is 418 g/mol. The molecule has 2 N–H and O–H groups in total. The Morgan fingerprint density at radius 3 is 2.17 bits per heavy atom. The van der Waals surface area contributed by atoms with Crippen LogP contribution in [0.4, 0.5) is 0 Å². The minimum Gasteiger partial charge on any atom is -0.347 e. The summed E-state index contributed by atoms with van der Waals surface area (Å²) in [5.41, 5.74) is 1.54. The van der Waals surface area contributed by atoms with Gasteiger partial charge in [-0.25, -0.2) is 0 Å². The number of rotatable bonds is 6. The smallest absolute Gasteiger partial charge is 0.275 e. The Kier molecular flexibility index (Phi) is 8.01. The molecule has 0 unspecified atom stereocenters. The molecule has 0 bridgehead atoms. The van der Waals surface area contributed by atoms with Gasteiger partial charge >= 0.3 is 0 Å². The van der Waals surface area contributed by atoms with Crippen LogP contribution in [0.5, 0.6) is 0 Å². The molecular formula is C23H37N4O3+. The van der Waals surface area contributed by atoms with E-state index >= 15 is 0 Å². The number of carbonyl (C=O) groups excluding carboxylic acids is 3. The van der Waals surface area contributed by atoms with Gasteiger partial charge in [0.15, 0.2) is 6.54 Å². The van der Waals surface area contributed by atoms with Gasteiger partial charge in [-0.2, -0.15) is 0 Å². The zero-order chi connectivity index (χ0) is 22.5. The lowest BCUT2D eigenvalue weighted by atomic mass is 10.0. The summed E-state index contributed by atoms with van der Waals surface area (Å²) in [5, 5.41) is 2.98. The lowest BCUT2D eigenvalue weighted by Gasteiger charge is -2.33. The van der Waals surface area contributed by atoms with Gasteiger partial charge in [-0.05, 0) is 44.4 Å². The Morgan fingerprint density at radius 1 is 1.10 bits per heavy atom. The van der Waals surface area contributed by atoms with E-state index in [1.165, 1.54) is 15.4 Å². The number of carbonyl (C=O) groups is 3. The molecule has 1 aliphatic rings. The van der Waals surface area contributed by atoms with Gasteiger partial charge in [-0.15, -0.1) is 0 Å². The van der Waals surface area contributed by atoms with E-state index in [2.05, 4.69) is 19.2 Å². The van der Waals surface area contributed by atoms with Gasteiger partial charge in [0, 0.05) is 18.2 Å². The van der Waals surface area contributed by atoms with Gasteiger partial charge in [0.1, 0.15) is 0 Å². The molecule has 1 aliphatic heterocycles. The van der Waals surface area contributed by atoms with Crippen LogP contribution in [0, 0.1) is 0 Å². The Labute approximate surface area is 180 Å². The molecule has 166 valence electrons. The first-order valence-electron chi connectivity index (χ1n) is 10.7. The van der Waals surface area contributed by atoms with E-state index in [1.54, 1.807) is 11.9 Å². The van der Waals surface area contributed by atoms with Crippen molar-refractivity contribution in [3.63, 3.8) is 0 Å². The Bertz CT molecular complexity index is 745. The lowest BCUT2D eigenvalue weighted by Crippen LogP contribution is -3.16. The first kappa shape index (κ1) is 23.9. The highest BCUT2D eigenvalue weighted by atomic mass is 16.2. The summed E-state index contributed by atoms with van der Waals surface area (Å²) in [6, 6.07) is 7.57. The van der Waals surface area contributed by atoms with Crippen LogP contribution in [-0.2, 0) is 9.59 Å². The van der Waals surface area contributed by atoms with Crippen molar-refractivity contribution in [1.82, 2.24) is 15.1 Å². The van der Waals surface area contributed by atoms with E-state index in [-0.39, 0.29) is 29.8 Å². The van der Waals surface area contributed by atoms with E-state index in [4.69, 9.17) is 0 Å². The fourth-order valence-corrected chi connectivity index (χ4v) is 3.54. The van der Waals surface area contributed by atoms with Crippen molar-refractivity contribution in [3.8, 4) is 0 Å². The molecule has 1 aromatic rings. The molecule has 0 saturated carbocycles. The SMILES string of the molecule is CC(C)c1ccc(C(=O)N(C)CC(=O)N2CC[NH+](CC(=O)NC(C)(C)C)CC2)cc1. The minimum atomic E-state index is -0.236. The highest BCUT2D eigenvalue weighted by molar-refractivity contribution is 5.96. The largest absolute Gasteiger partial charge is 0.347 e. The monoisotopic (exact) mass is 417 g/mol. The fourth-order valence-electron chi connectivity index (χ4n) is 3.54. The predicted molar refractivity (Wildman–Crippen MR) is 118 cm³/mol. The Balaban J connectivity index is 1.81. The molecule has 0 atom stereocenters. The molecule has 0 aliphatic carbocycles. The molecule has 0 aromatic heterocycles. The maximum Gasteiger partial charge on any atom is 0.275 e. The maximum atomic E-state index is 12.6. The van der Waals surface area contributed by atoms with E-state index in [9.17, 15) is 14.4 Å². The summed E-state index contributed by atoms with van der Waals surface area (Å²) in [6.07, 6.45) is 0. The zero-order valence-electron chi connectivity index (χ0n) is 19.2. The van der Waals surface area contributed by atoms with E-state index in [0.717, 1.165) is 13.1 Å². The van der Waals surface area contributed by atoms with Crippen molar-refractivity contribution in [2.75, 3.05) is 46.3 Å². The molecular weight excluding hydrogens is 380 g/mol. The third kappa shape index (κ3) is 7.13. The zero-order valence-corrected chi connectivity index (χ0v) is 19.2. The second-order valence-corrected chi connectivity index (χ2v) is 9.54. The van der Waals surface area contributed by atoms with Gasteiger partial charge in [0.25, 0.3) is 11.8 Å². The molecule has 1 aromatic carbocycles. The second kappa shape index (κ2) is 10.1. The third-order valence-electron chi connectivity index (χ3n) is 5.29. The van der Waals surface area contributed by atoms with Crippen LogP contribution >= 0.6 is 0 Å². The second-order valence-electron chi connectivity index (χ2n) is 9.54. The minimum absolute atomic E-state index is 0.0334. The van der Waals surface area contributed by atoms with Crippen LogP contribution in [0.15, 0.2) is 24.3 Å². The molecule has 7 heteroatoms. The van der Waals surface area contributed by atoms with Crippen LogP contribution in [0.3, 0.4) is 0 Å². The number of hydrogen-bond acceptors (Lipinski definition) is 3. The number of nitrogens with one attached hydrogen (secondary N) is 2. The van der Waals surface area contributed by atoms with Crippen LogP contribution in [0.1, 0.15) is 56.5 Å². The predicted octanol–water partition coefficient (Wildman–Crippen LogP) is 0.524. The quantitative estimate of drug-likeness (QED) is 0.709. The van der Waals surface area contributed by atoms with Gasteiger partial charge < -0.3 is 20.0 Å². The molecule has 3 amide bonds. The molecule has 1 fully saturated rings. The average Bonchev–Trinajstić information content (AvgIpc) is 2.66. The number of amides is 3. The summed E-state index contributed by atoms with van der Waals surface area (Å²) >= 11 is 0. The highest BCUT2D eigenvalue weighted by Crippen LogP contribution is 2.15. The van der Waals surface area contributed by atoms with Crippen LogP contribution in [-0.4, -0.2) is 79.4 Å². The number of hydrogen-bond donors (Lipinski definition) is 2. The summed E-state index contributed by atoms with van der Waals surface area (Å²) in [7, 11) is 1.66. The van der Waals surface area contributed by atoms with Crippen molar-refractivity contribution in [3.05, 3.63) is 35.4 Å². The standard InChI is InChI=1S/C23H36N4O3/c1-17(2)18-7-9-19(10-8-18)22(30)25(6)16-21(29)27-13-11-26(12-14-27)15-20(28)24-23(3,4)5/h7-10,17H,11-16H2,1-6H3,(H,24,28)/p+1. The number of nitrogens with zero attached hydrogens (tertiary/aromatic N) is 2. The van der Waals surface area contributed by atoms with E-state index < -0.39 is 0 Å². The normalized spacial score (nSPS) is 15.2. The highest BCUT2D eigenvalue weighted by Gasteiger charge is 2.27. The molecule has 1 heterocycles. The van der Waals surface area contributed by atoms with Gasteiger partial charge in [-0.1, -0.05) is 26.0 Å². The van der Waals surface area contributed by atoms with Gasteiger partial charge in [0.2, 0.25) is 5.91 Å². The van der Waals surface area contributed by atoms with Gasteiger partial charge in [-0.3, -0.25) is 14.4 Å². The van der Waals surface area contributed by atoms with E-state index in [1.807, 2.05) is 45.0 Å². The molecule has 1 saturated heterocycles. The third-order valence-corrected chi connectivity index (χ3v) is 5.29. The maximum absolute atomic E-state index is 12.6. The molecule has 0 spiro atoms. The van der Waals surface area contributed by atoms with Crippen molar-refractivity contribution < 1.29 is 19.3 Å². The van der Waals surface area contributed by atoms with Crippen LogP contribution in [0.2, 0.25) is 0 Å². The molecule has 7 nitrogen and oxygen atoms in total. The summed E-state index contributed by atoms with van der Waals surface area (Å²) in [6.45, 7) is 13.3. The number of benzene rings is 1. The molecule has 2 rings (SSSR count). The molecule has 0 radical (unpaired) electrons. The summed E-state index contributed by atoms with van der Waals surface area (Å²) < 4.78 is 0. The first-order valence-corrected chi connectivity index (χ1v) is 10.7. The van der Waals surface area contributed by atoms with Crippen LogP contribution in [0.25, 0.3) is 0 Å². The topological polar surface area (TPSA) is 74.2 Å². The summed E-state index contributed by atoms with van der Waals surface area (Å²) in [5.74, 6) is 0.240. The number of quaternary nitrogens is 1. The molecule has 30 heavy (non-hydrogen) atoms. The van der Waals surface area contributed by atoms with Crippen molar-refractivity contribution >= 4 is 17.7 Å². The lowest BCUT2D eigenvalue weighted by molar-refractivity contribution is -0.896. The summed E-state index contributed by atoms with van der Waals surface area (Å²) in [4.78, 5) is 41.8. The van der Waals surface area contributed by atoms with Crippen molar-refractivity contribution in [2.45, 2.75) is 46.1 Å². The first-order chi connectivity index (χ1) is 14.0.